The minimum Gasteiger partial charge on any atom is -0.508 e. The molecular formula is C14H10ClN5O2. The van der Waals surface area contributed by atoms with Gasteiger partial charge in [-0.2, -0.15) is 4.68 Å². The highest BCUT2D eigenvalue weighted by Crippen LogP contribution is 2.21. The van der Waals surface area contributed by atoms with Crippen LogP contribution in [0.5, 0.6) is 5.75 Å². The molecule has 0 atom stereocenters. The maximum atomic E-state index is 12.4. The summed E-state index contributed by atoms with van der Waals surface area (Å²) in [7, 11) is 0. The molecule has 0 spiro atoms. The van der Waals surface area contributed by atoms with E-state index in [-0.39, 0.29) is 11.7 Å². The van der Waals surface area contributed by atoms with Crippen LogP contribution in [0, 0.1) is 0 Å². The lowest BCUT2D eigenvalue weighted by Crippen LogP contribution is -2.15. The van der Waals surface area contributed by atoms with Gasteiger partial charge in [0.2, 0.25) is 0 Å². The van der Waals surface area contributed by atoms with Crippen molar-refractivity contribution in [2.24, 2.45) is 0 Å². The molecule has 0 radical (unpaired) electrons. The summed E-state index contributed by atoms with van der Waals surface area (Å²) >= 11 is 5.97. The summed E-state index contributed by atoms with van der Waals surface area (Å²) in [6, 6.07) is 11.0. The Balaban J connectivity index is 1.96. The number of nitrogens with zero attached hydrogens (tertiary/aromatic N) is 4. The highest BCUT2D eigenvalue weighted by Gasteiger charge is 2.15. The Morgan fingerprint density at radius 2 is 2.09 bits per heavy atom. The van der Waals surface area contributed by atoms with Crippen molar-refractivity contribution in [3.8, 4) is 11.4 Å². The Labute approximate surface area is 130 Å². The second-order valence-electron chi connectivity index (χ2n) is 4.42. The topological polar surface area (TPSA) is 92.9 Å². The average Bonchev–Trinajstić information content (AvgIpc) is 3.01. The van der Waals surface area contributed by atoms with Gasteiger partial charge in [-0.1, -0.05) is 17.7 Å². The number of hydrogen-bond donors (Lipinski definition) is 2. The van der Waals surface area contributed by atoms with Crippen LogP contribution in [-0.2, 0) is 0 Å². The summed E-state index contributed by atoms with van der Waals surface area (Å²) in [4.78, 5) is 12.4. The number of carbonyl (C=O) groups is 1. The summed E-state index contributed by atoms with van der Waals surface area (Å²) in [5.74, 6) is -0.303. The molecule has 2 N–H and O–H groups in total. The second kappa shape index (κ2) is 5.82. The number of nitrogens with one attached hydrogen (secondary N) is 1. The van der Waals surface area contributed by atoms with Crippen LogP contribution in [0.4, 0.5) is 5.69 Å². The fraction of sp³-hybridized carbons (Fsp3) is 0. The van der Waals surface area contributed by atoms with Gasteiger partial charge in [0, 0.05) is 16.8 Å². The van der Waals surface area contributed by atoms with Gasteiger partial charge >= 0.3 is 0 Å². The molecule has 0 fully saturated rings. The van der Waals surface area contributed by atoms with Crippen LogP contribution < -0.4 is 5.32 Å². The molecule has 1 aromatic heterocycles. The number of tetrazole rings is 1. The molecule has 0 saturated carbocycles. The van der Waals surface area contributed by atoms with E-state index in [2.05, 4.69) is 20.8 Å². The number of benzene rings is 2. The summed E-state index contributed by atoms with van der Waals surface area (Å²) in [6.45, 7) is 0. The third-order valence-corrected chi connectivity index (χ3v) is 3.14. The quantitative estimate of drug-likeness (QED) is 0.773. The SMILES string of the molecule is O=C(Nc1cccc(O)c1)c1ccc(Cl)cc1-n1cnnn1. The Kier molecular flexibility index (Phi) is 3.71. The van der Waals surface area contributed by atoms with Crippen LogP contribution in [-0.4, -0.2) is 31.2 Å². The molecule has 1 heterocycles. The molecule has 0 aliphatic rings. The molecular weight excluding hydrogens is 306 g/mol. The zero-order valence-electron chi connectivity index (χ0n) is 11.1. The van der Waals surface area contributed by atoms with E-state index in [1.807, 2.05) is 0 Å². The largest absolute Gasteiger partial charge is 0.508 e. The molecule has 22 heavy (non-hydrogen) atoms. The fourth-order valence-corrected chi connectivity index (χ4v) is 2.11. The van der Waals surface area contributed by atoms with Crippen molar-refractivity contribution >= 4 is 23.2 Å². The molecule has 3 aromatic rings. The van der Waals surface area contributed by atoms with Gasteiger partial charge < -0.3 is 10.4 Å². The maximum absolute atomic E-state index is 12.4. The highest BCUT2D eigenvalue weighted by atomic mass is 35.5. The first kappa shape index (κ1) is 14.0. The fourth-order valence-electron chi connectivity index (χ4n) is 1.94. The minimum absolute atomic E-state index is 0.0644. The van der Waals surface area contributed by atoms with Crippen molar-refractivity contribution < 1.29 is 9.90 Å². The molecule has 0 aliphatic carbocycles. The molecule has 110 valence electrons. The number of phenolic OH excluding ortho intramolecular Hbond substituents is 1. The van der Waals surface area contributed by atoms with Crippen molar-refractivity contribution in [1.29, 1.82) is 0 Å². The third-order valence-electron chi connectivity index (χ3n) is 2.90. The lowest BCUT2D eigenvalue weighted by Gasteiger charge is -2.10. The van der Waals surface area contributed by atoms with Crippen LogP contribution in [0.1, 0.15) is 10.4 Å². The third kappa shape index (κ3) is 2.89. The monoisotopic (exact) mass is 315 g/mol. The number of amides is 1. The Morgan fingerprint density at radius 3 is 2.82 bits per heavy atom. The molecule has 0 saturated heterocycles. The van der Waals surface area contributed by atoms with Gasteiger partial charge in [-0.15, -0.1) is 5.10 Å². The number of aromatic hydroxyl groups is 1. The van der Waals surface area contributed by atoms with Crippen LogP contribution in [0.15, 0.2) is 48.8 Å². The smallest absolute Gasteiger partial charge is 0.257 e. The predicted octanol–water partition coefficient (Wildman–Crippen LogP) is 2.27. The molecule has 0 aliphatic heterocycles. The second-order valence-corrected chi connectivity index (χ2v) is 4.86. The predicted molar refractivity (Wildman–Crippen MR) is 80.2 cm³/mol. The lowest BCUT2D eigenvalue weighted by atomic mass is 10.1. The number of anilines is 1. The van der Waals surface area contributed by atoms with E-state index < -0.39 is 0 Å². The van der Waals surface area contributed by atoms with Crippen LogP contribution in [0.25, 0.3) is 5.69 Å². The molecule has 1 amide bonds. The van der Waals surface area contributed by atoms with Gasteiger partial charge in [0.15, 0.2) is 0 Å². The Bertz CT molecular complexity index is 820. The van der Waals surface area contributed by atoms with E-state index in [9.17, 15) is 9.90 Å². The van der Waals surface area contributed by atoms with Gasteiger partial charge in [0.1, 0.15) is 12.1 Å². The van der Waals surface area contributed by atoms with Gasteiger partial charge in [-0.3, -0.25) is 4.79 Å². The van der Waals surface area contributed by atoms with E-state index in [0.29, 0.717) is 22.0 Å². The summed E-state index contributed by atoms with van der Waals surface area (Å²) in [5, 5.41) is 23.5. The summed E-state index contributed by atoms with van der Waals surface area (Å²) in [6.07, 6.45) is 1.37. The van der Waals surface area contributed by atoms with Crippen molar-refractivity contribution in [2.75, 3.05) is 5.32 Å². The number of phenols is 1. The molecule has 0 unspecified atom stereocenters. The van der Waals surface area contributed by atoms with Crippen molar-refractivity contribution in [3.05, 3.63) is 59.4 Å². The number of aromatic nitrogens is 4. The number of carbonyl (C=O) groups excluding carboxylic acids is 1. The van der Waals surface area contributed by atoms with Gasteiger partial charge in [0.25, 0.3) is 5.91 Å². The molecule has 2 aromatic carbocycles. The van der Waals surface area contributed by atoms with Gasteiger partial charge in [-0.25, -0.2) is 0 Å². The number of halogens is 1. The first-order valence-corrected chi connectivity index (χ1v) is 6.64. The molecule has 8 heteroatoms. The Morgan fingerprint density at radius 1 is 1.23 bits per heavy atom. The first-order valence-electron chi connectivity index (χ1n) is 6.27. The van der Waals surface area contributed by atoms with Crippen LogP contribution in [0.2, 0.25) is 5.02 Å². The summed E-state index contributed by atoms with van der Waals surface area (Å²) in [5.41, 5.74) is 1.28. The van der Waals surface area contributed by atoms with Gasteiger partial charge in [0.05, 0.1) is 11.3 Å². The Hall–Kier alpha value is -2.93. The average molecular weight is 316 g/mol. The summed E-state index contributed by atoms with van der Waals surface area (Å²) < 4.78 is 1.35. The van der Waals surface area contributed by atoms with Crippen molar-refractivity contribution in [2.45, 2.75) is 0 Å². The van der Waals surface area contributed by atoms with Crippen LogP contribution in [0.3, 0.4) is 0 Å². The minimum atomic E-state index is -0.368. The molecule has 7 nitrogen and oxygen atoms in total. The number of rotatable bonds is 3. The zero-order chi connectivity index (χ0) is 15.5. The zero-order valence-corrected chi connectivity index (χ0v) is 11.9. The lowest BCUT2D eigenvalue weighted by molar-refractivity contribution is 0.102. The van der Waals surface area contributed by atoms with E-state index in [1.165, 1.54) is 23.1 Å². The van der Waals surface area contributed by atoms with E-state index in [0.717, 1.165) is 0 Å². The highest BCUT2D eigenvalue weighted by molar-refractivity contribution is 6.31. The molecule has 0 bridgehead atoms. The molecule has 3 rings (SSSR count). The van der Waals surface area contributed by atoms with E-state index >= 15 is 0 Å². The van der Waals surface area contributed by atoms with E-state index in [1.54, 1.807) is 30.3 Å². The van der Waals surface area contributed by atoms with E-state index in [4.69, 9.17) is 11.6 Å². The maximum Gasteiger partial charge on any atom is 0.257 e. The van der Waals surface area contributed by atoms with Crippen LogP contribution >= 0.6 is 11.6 Å². The number of hydrogen-bond acceptors (Lipinski definition) is 5. The normalized spacial score (nSPS) is 10.4. The van der Waals surface area contributed by atoms with Crippen molar-refractivity contribution in [3.63, 3.8) is 0 Å². The standard InChI is InChI=1S/C14H10ClN5O2/c15-9-4-5-12(13(6-9)20-8-16-18-19-20)14(22)17-10-2-1-3-11(21)7-10/h1-8,21H,(H,17,22). The first-order chi connectivity index (χ1) is 10.6. The van der Waals surface area contributed by atoms with Crippen molar-refractivity contribution in [1.82, 2.24) is 20.2 Å². The van der Waals surface area contributed by atoms with Gasteiger partial charge in [-0.05, 0) is 40.8 Å².